The number of nitrogens with one attached hydrogen (secondary N) is 1. The standard InChI is InChI=1S/C22H32N6.HI/c23-22(26-14-11-20-8-4-5-12-24-20)25-13-6-7-15-27-16-18-28(19-17-27)21-9-2-1-3-10-21;/h1-5,8-10,12H,6-7,11,13-19H2,(H3,23,25,26);1H. The lowest BCUT2D eigenvalue weighted by molar-refractivity contribution is 0.253. The average Bonchev–Trinajstić information content (AvgIpc) is 2.75. The van der Waals surface area contributed by atoms with Crippen LogP contribution in [0.25, 0.3) is 0 Å². The van der Waals surface area contributed by atoms with Gasteiger partial charge in [0.2, 0.25) is 0 Å². The Balaban J connectivity index is 0.00000300. The van der Waals surface area contributed by atoms with E-state index in [2.05, 4.69) is 55.4 Å². The lowest BCUT2D eigenvalue weighted by atomic mass is 10.2. The Morgan fingerprint density at radius 3 is 2.48 bits per heavy atom. The van der Waals surface area contributed by atoms with Crippen molar-refractivity contribution in [1.29, 1.82) is 0 Å². The third kappa shape index (κ3) is 8.57. The second-order valence-electron chi connectivity index (χ2n) is 7.14. The molecule has 0 saturated carbocycles. The Labute approximate surface area is 191 Å². The quantitative estimate of drug-likeness (QED) is 0.236. The summed E-state index contributed by atoms with van der Waals surface area (Å²) in [5, 5.41) is 3.16. The van der Waals surface area contributed by atoms with Gasteiger partial charge in [0.05, 0.1) is 0 Å². The number of hydrogen-bond acceptors (Lipinski definition) is 4. The third-order valence-electron chi connectivity index (χ3n) is 5.07. The van der Waals surface area contributed by atoms with Crippen molar-refractivity contribution in [2.75, 3.05) is 50.7 Å². The molecule has 0 atom stereocenters. The van der Waals surface area contributed by atoms with Crippen LogP contribution in [0, 0.1) is 0 Å². The van der Waals surface area contributed by atoms with E-state index in [1.54, 1.807) is 0 Å². The molecule has 3 N–H and O–H groups in total. The van der Waals surface area contributed by atoms with Gasteiger partial charge in [0.25, 0.3) is 0 Å². The number of nitrogens with zero attached hydrogens (tertiary/aromatic N) is 4. The first kappa shape index (κ1) is 23.4. The minimum atomic E-state index is 0. The average molecular weight is 508 g/mol. The Morgan fingerprint density at radius 1 is 1.00 bits per heavy atom. The fraction of sp³-hybridized carbons (Fsp3) is 0.455. The Morgan fingerprint density at radius 2 is 1.76 bits per heavy atom. The smallest absolute Gasteiger partial charge is 0.188 e. The molecule has 1 aromatic heterocycles. The molecule has 1 aliphatic rings. The molecule has 6 nitrogen and oxygen atoms in total. The molecule has 0 aliphatic carbocycles. The van der Waals surface area contributed by atoms with Crippen LogP contribution >= 0.6 is 24.0 Å². The molecular weight excluding hydrogens is 475 g/mol. The normalized spacial score (nSPS) is 15.0. The number of benzene rings is 1. The maximum Gasteiger partial charge on any atom is 0.188 e. The summed E-state index contributed by atoms with van der Waals surface area (Å²) in [5.74, 6) is 0.535. The van der Waals surface area contributed by atoms with Gasteiger partial charge in [-0.1, -0.05) is 24.3 Å². The second-order valence-corrected chi connectivity index (χ2v) is 7.14. The van der Waals surface area contributed by atoms with Crippen molar-refractivity contribution in [3.63, 3.8) is 0 Å². The summed E-state index contributed by atoms with van der Waals surface area (Å²) in [7, 11) is 0. The second kappa shape index (κ2) is 13.4. The summed E-state index contributed by atoms with van der Waals surface area (Å²) < 4.78 is 0. The number of hydrogen-bond donors (Lipinski definition) is 2. The largest absolute Gasteiger partial charge is 0.370 e. The first-order valence-electron chi connectivity index (χ1n) is 10.3. The van der Waals surface area contributed by atoms with Gasteiger partial charge in [-0.15, -0.1) is 24.0 Å². The fourth-order valence-corrected chi connectivity index (χ4v) is 3.44. The van der Waals surface area contributed by atoms with Gasteiger partial charge < -0.3 is 16.0 Å². The fourth-order valence-electron chi connectivity index (χ4n) is 3.44. The summed E-state index contributed by atoms with van der Waals surface area (Å²) in [5.41, 5.74) is 8.34. The summed E-state index contributed by atoms with van der Waals surface area (Å²) in [6.07, 6.45) is 4.90. The Hall–Kier alpha value is -1.87. The highest BCUT2D eigenvalue weighted by atomic mass is 127. The molecule has 1 aromatic carbocycles. The number of rotatable bonds is 9. The lowest BCUT2D eigenvalue weighted by Gasteiger charge is -2.36. The van der Waals surface area contributed by atoms with E-state index < -0.39 is 0 Å². The van der Waals surface area contributed by atoms with E-state index in [1.807, 2.05) is 24.4 Å². The van der Waals surface area contributed by atoms with E-state index in [1.165, 1.54) is 5.69 Å². The van der Waals surface area contributed by atoms with Crippen LogP contribution in [0.3, 0.4) is 0 Å². The number of aromatic nitrogens is 1. The zero-order valence-corrected chi connectivity index (χ0v) is 19.4. The molecule has 0 bridgehead atoms. The van der Waals surface area contributed by atoms with Crippen molar-refractivity contribution in [2.45, 2.75) is 19.3 Å². The van der Waals surface area contributed by atoms with Gasteiger partial charge in [-0.05, 0) is 43.7 Å². The van der Waals surface area contributed by atoms with Crippen molar-refractivity contribution in [1.82, 2.24) is 15.2 Å². The first-order chi connectivity index (χ1) is 13.8. The molecule has 7 heteroatoms. The molecule has 1 aliphatic heterocycles. The Bertz CT molecular complexity index is 702. The minimum Gasteiger partial charge on any atom is -0.370 e. The van der Waals surface area contributed by atoms with Gasteiger partial charge in [0, 0.05) is 63.3 Å². The van der Waals surface area contributed by atoms with Gasteiger partial charge >= 0.3 is 0 Å². The van der Waals surface area contributed by atoms with Crippen LogP contribution in [-0.4, -0.2) is 61.7 Å². The molecule has 0 unspecified atom stereocenters. The van der Waals surface area contributed by atoms with Crippen molar-refractivity contribution < 1.29 is 0 Å². The van der Waals surface area contributed by atoms with E-state index in [-0.39, 0.29) is 24.0 Å². The zero-order valence-electron chi connectivity index (χ0n) is 17.0. The number of pyridine rings is 1. The first-order valence-corrected chi connectivity index (χ1v) is 10.3. The molecular formula is C22H33IN6. The number of aliphatic imine (C=N–C) groups is 1. The van der Waals surface area contributed by atoms with Crippen LogP contribution in [0.1, 0.15) is 18.5 Å². The van der Waals surface area contributed by atoms with Gasteiger partial charge in [-0.2, -0.15) is 0 Å². The van der Waals surface area contributed by atoms with Gasteiger partial charge in [0.1, 0.15) is 0 Å². The lowest BCUT2D eigenvalue weighted by Crippen LogP contribution is -2.46. The monoisotopic (exact) mass is 508 g/mol. The maximum atomic E-state index is 5.94. The van der Waals surface area contributed by atoms with Crippen molar-refractivity contribution in [3.8, 4) is 0 Å². The summed E-state index contributed by atoms with van der Waals surface area (Å²) in [6, 6.07) is 16.6. The molecule has 1 fully saturated rings. The molecule has 0 radical (unpaired) electrons. The van der Waals surface area contributed by atoms with E-state index in [4.69, 9.17) is 5.73 Å². The number of anilines is 1. The summed E-state index contributed by atoms with van der Waals surface area (Å²) in [6.45, 7) is 7.17. The number of halogens is 1. The topological polar surface area (TPSA) is 69.8 Å². The van der Waals surface area contributed by atoms with Crippen LogP contribution in [0.2, 0.25) is 0 Å². The summed E-state index contributed by atoms with van der Waals surface area (Å²) >= 11 is 0. The predicted octanol–water partition coefficient (Wildman–Crippen LogP) is 2.75. The maximum absolute atomic E-state index is 5.94. The SMILES string of the molecule is I.NC(=NCCCCN1CCN(c2ccccc2)CC1)NCCc1ccccn1. The highest BCUT2D eigenvalue weighted by molar-refractivity contribution is 14.0. The molecule has 0 amide bonds. The molecule has 3 rings (SSSR count). The molecule has 2 aromatic rings. The molecule has 1 saturated heterocycles. The molecule has 29 heavy (non-hydrogen) atoms. The number of piperazine rings is 1. The minimum absolute atomic E-state index is 0. The van der Waals surface area contributed by atoms with Crippen LogP contribution < -0.4 is 16.0 Å². The van der Waals surface area contributed by atoms with Crippen molar-refractivity contribution in [3.05, 3.63) is 60.4 Å². The van der Waals surface area contributed by atoms with E-state index in [9.17, 15) is 0 Å². The van der Waals surface area contributed by atoms with Crippen molar-refractivity contribution in [2.24, 2.45) is 10.7 Å². The Kier molecular flexibility index (Phi) is 10.8. The number of unbranched alkanes of at least 4 members (excludes halogenated alkanes) is 1. The van der Waals surface area contributed by atoms with Gasteiger partial charge in [-0.3, -0.25) is 14.9 Å². The van der Waals surface area contributed by atoms with Crippen LogP contribution in [0.5, 0.6) is 0 Å². The third-order valence-corrected chi connectivity index (χ3v) is 5.07. The molecule has 0 spiro atoms. The highest BCUT2D eigenvalue weighted by Crippen LogP contribution is 2.15. The molecule has 2 heterocycles. The van der Waals surface area contributed by atoms with Crippen LogP contribution in [0.15, 0.2) is 59.7 Å². The van der Waals surface area contributed by atoms with Crippen LogP contribution in [-0.2, 0) is 6.42 Å². The van der Waals surface area contributed by atoms with Gasteiger partial charge in [-0.25, -0.2) is 0 Å². The van der Waals surface area contributed by atoms with Crippen LogP contribution in [0.4, 0.5) is 5.69 Å². The highest BCUT2D eigenvalue weighted by Gasteiger charge is 2.16. The zero-order chi connectivity index (χ0) is 19.4. The van der Waals surface area contributed by atoms with Gasteiger partial charge in [0.15, 0.2) is 5.96 Å². The number of guanidine groups is 1. The summed E-state index contributed by atoms with van der Waals surface area (Å²) in [4.78, 5) is 13.7. The van der Waals surface area contributed by atoms with E-state index >= 15 is 0 Å². The number of para-hydroxylation sites is 1. The van der Waals surface area contributed by atoms with E-state index in [0.717, 1.165) is 70.8 Å². The molecule has 158 valence electrons. The predicted molar refractivity (Wildman–Crippen MR) is 132 cm³/mol. The van der Waals surface area contributed by atoms with Crippen molar-refractivity contribution >= 4 is 35.6 Å². The van der Waals surface area contributed by atoms with E-state index in [0.29, 0.717) is 5.96 Å². The number of nitrogens with two attached hydrogens (primary N) is 1.